The van der Waals surface area contributed by atoms with Crippen molar-refractivity contribution in [2.75, 3.05) is 19.6 Å². The molecule has 0 spiro atoms. The van der Waals surface area contributed by atoms with Gasteiger partial charge in [-0.25, -0.2) is 4.98 Å². The van der Waals surface area contributed by atoms with E-state index in [2.05, 4.69) is 15.6 Å². The van der Waals surface area contributed by atoms with E-state index in [-0.39, 0.29) is 17.9 Å². The lowest BCUT2D eigenvalue weighted by Gasteiger charge is -2.56. The van der Waals surface area contributed by atoms with E-state index < -0.39 is 0 Å². The fourth-order valence-corrected chi connectivity index (χ4v) is 8.12. The van der Waals surface area contributed by atoms with Crippen LogP contribution >= 0.6 is 0 Å². The van der Waals surface area contributed by atoms with Gasteiger partial charge >= 0.3 is 0 Å². The number of hydrogen-bond acceptors (Lipinski definition) is 4. The van der Waals surface area contributed by atoms with Gasteiger partial charge in [-0.3, -0.25) is 14.0 Å². The van der Waals surface area contributed by atoms with E-state index in [1.165, 1.54) is 38.5 Å². The van der Waals surface area contributed by atoms with Crippen molar-refractivity contribution in [1.82, 2.24) is 24.9 Å². The molecule has 0 unspecified atom stereocenters. The molecule has 2 amide bonds. The Morgan fingerprint density at radius 2 is 1.84 bits per heavy atom. The molecule has 7 nitrogen and oxygen atoms in total. The zero-order chi connectivity index (χ0) is 21.4. The Hall–Kier alpha value is -2.41. The number of rotatable bonds is 4. The van der Waals surface area contributed by atoms with Crippen molar-refractivity contribution in [3.05, 3.63) is 35.8 Å². The number of aromatic nitrogens is 2. The van der Waals surface area contributed by atoms with Gasteiger partial charge in [0.1, 0.15) is 17.0 Å². The molecule has 2 aliphatic heterocycles. The van der Waals surface area contributed by atoms with Crippen LogP contribution < -0.4 is 10.6 Å². The Bertz CT molecular complexity index is 1070. The molecule has 4 saturated carbocycles. The zero-order valence-electron chi connectivity index (χ0n) is 18.4. The predicted molar refractivity (Wildman–Crippen MR) is 119 cm³/mol. The average Bonchev–Trinajstić information content (AvgIpc) is 3.51. The van der Waals surface area contributed by atoms with Gasteiger partial charge in [-0.05, 0) is 80.2 Å². The highest BCUT2D eigenvalue weighted by atomic mass is 16.2. The van der Waals surface area contributed by atoms with Crippen LogP contribution in [0.5, 0.6) is 0 Å². The van der Waals surface area contributed by atoms with E-state index in [0.717, 1.165) is 43.8 Å². The Balaban J connectivity index is 1.11. The lowest BCUT2D eigenvalue weighted by atomic mass is 9.49. The summed E-state index contributed by atoms with van der Waals surface area (Å²) in [4.78, 5) is 32.8. The van der Waals surface area contributed by atoms with Gasteiger partial charge in [-0.15, -0.1) is 0 Å². The SMILES string of the molecule is O=C(NCC12CC3CC(CC(C3)C1)C2)c1cccc2nc(C(=O)N3C[C@@H]4C[C@H]3CN4)cn12. The normalized spacial score (nSPS) is 36.9. The van der Waals surface area contributed by atoms with Crippen molar-refractivity contribution in [2.24, 2.45) is 23.2 Å². The lowest BCUT2D eigenvalue weighted by molar-refractivity contribution is -0.0503. The quantitative estimate of drug-likeness (QED) is 0.777. The molecule has 2 aromatic heterocycles. The highest BCUT2D eigenvalue weighted by molar-refractivity contribution is 5.96. The number of nitrogens with one attached hydrogen (secondary N) is 2. The van der Waals surface area contributed by atoms with Gasteiger partial charge < -0.3 is 15.5 Å². The van der Waals surface area contributed by atoms with Gasteiger partial charge in [0, 0.05) is 37.9 Å². The average molecular weight is 434 g/mol. The standard InChI is InChI=1S/C25H31N5O2/c31-23(27-14-25-8-15-4-16(9-25)6-17(5-15)10-25)21-2-1-3-22-28-20(13-30(21)22)24(32)29-12-18-7-19(29)11-26-18/h1-3,13,15-19,26H,4-12,14H2,(H,27,31)/t15?,16?,17?,18-,19-,25?/m0/s1. The smallest absolute Gasteiger partial charge is 0.274 e. The summed E-state index contributed by atoms with van der Waals surface area (Å²) in [6.45, 7) is 2.38. The Morgan fingerprint density at radius 3 is 2.50 bits per heavy atom. The number of piperazine rings is 1. The number of carbonyl (C=O) groups is 2. The van der Waals surface area contributed by atoms with Crippen molar-refractivity contribution >= 4 is 17.5 Å². The molecule has 2 atom stereocenters. The Kier molecular flexibility index (Phi) is 4.06. The number of hydrogen-bond donors (Lipinski definition) is 2. The van der Waals surface area contributed by atoms with Gasteiger partial charge in [0.2, 0.25) is 0 Å². The molecule has 32 heavy (non-hydrogen) atoms. The molecule has 2 N–H and O–H groups in total. The monoisotopic (exact) mass is 433 g/mol. The molecule has 4 heterocycles. The summed E-state index contributed by atoms with van der Waals surface area (Å²) in [5.41, 5.74) is 1.94. The topological polar surface area (TPSA) is 78.7 Å². The predicted octanol–water partition coefficient (Wildman–Crippen LogP) is 2.47. The number of fused-ring (bicyclic) bond motifs is 3. The molecular weight excluding hydrogens is 402 g/mol. The molecule has 6 fully saturated rings. The summed E-state index contributed by atoms with van der Waals surface area (Å²) in [5, 5.41) is 6.70. The van der Waals surface area contributed by atoms with Crippen LogP contribution in [0.4, 0.5) is 0 Å². The van der Waals surface area contributed by atoms with Crippen LogP contribution in [0.3, 0.4) is 0 Å². The number of imidazole rings is 1. The van der Waals surface area contributed by atoms with Crippen LogP contribution in [0.25, 0.3) is 5.65 Å². The summed E-state index contributed by atoms with van der Waals surface area (Å²) in [6.07, 6.45) is 10.8. The minimum atomic E-state index is -0.0628. The highest BCUT2D eigenvalue weighted by Gasteiger charge is 2.50. The molecule has 2 saturated heterocycles. The fourth-order valence-electron chi connectivity index (χ4n) is 8.12. The third-order valence-electron chi connectivity index (χ3n) is 9.05. The minimum absolute atomic E-state index is 0.0253. The van der Waals surface area contributed by atoms with E-state index >= 15 is 0 Å². The molecule has 0 radical (unpaired) electrons. The molecule has 7 heteroatoms. The van der Waals surface area contributed by atoms with Gasteiger partial charge in [0.25, 0.3) is 11.8 Å². The molecule has 6 aliphatic rings. The van der Waals surface area contributed by atoms with Crippen molar-refractivity contribution in [3.63, 3.8) is 0 Å². The number of likely N-dealkylation sites (tertiary alicyclic amines) is 1. The maximum atomic E-state index is 13.2. The van der Waals surface area contributed by atoms with Gasteiger partial charge in [-0.2, -0.15) is 0 Å². The summed E-state index contributed by atoms with van der Waals surface area (Å²) in [7, 11) is 0. The zero-order valence-corrected chi connectivity index (χ0v) is 18.4. The summed E-state index contributed by atoms with van der Waals surface area (Å²) in [6, 6.07) is 6.23. The fraction of sp³-hybridized carbons (Fsp3) is 0.640. The van der Waals surface area contributed by atoms with E-state index in [9.17, 15) is 9.59 Å². The molecular formula is C25H31N5O2. The van der Waals surface area contributed by atoms with E-state index in [4.69, 9.17) is 0 Å². The number of nitrogens with zero attached hydrogens (tertiary/aromatic N) is 3. The molecule has 0 aromatic carbocycles. The lowest BCUT2D eigenvalue weighted by Crippen LogP contribution is -2.51. The maximum absolute atomic E-state index is 13.2. The van der Waals surface area contributed by atoms with E-state index in [1.807, 2.05) is 23.1 Å². The van der Waals surface area contributed by atoms with Crippen molar-refractivity contribution in [3.8, 4) is 0 Å². The van der Waals surface area contributed by atoms with Crippen molar-refractivity contribution < 1.29 is 9.59 Å². The first-order valence-electron chi connectivity index (χ1n) is 12.4. The largest absolute Gasteiger partial charge is 0.350 e. The second kappa shape index (κ2) is 6.80. The van der Waals surface area contributed by atoms with Crippen LogP contribution in [0.1, 0.15) is 65.9 Å². The van der Waals surface area contributed by atoms with Crippen LogP contribution in [0, 0.1) is 23.2 Å². The molecule has 168 valence electrons. The first-order chi connectivity index (χ1) is 15.6. The van der Waals surface area contributed by atoms with Crippen molar-refractivity contribution in [2.45, 2.75) is 57.0 Å². The van der Waals surface area contributed by atoms with E-state index in [1.54, 1.807) is 10.6 Å². The van der Waals surface area contributed by atoms with E-state index in [0.29, 0.717) is 28.5 Å². The number of pyridine rings is 1. The third-order valence-corrected chi connectivity index (χ3v) is 9.05. The third kappa shape index (κ3) is 2.93. The summed E-state index contributed by atoms with van der Waals surface area (Å²) >= 11 is 0. The van der Waals surface area contributed by atoms with Gasteiger partial charge in [0.15, 0.2) is 0 Å². The molecule has 6 bridgehead atoms. The second-order valence-corrected chi connectivity index (χ2v) is 11.3. The van der Waals surface area contributed by atoms with Crippen LogP contribution in [0.15, 0.2) is 24.4 Å². The summed E-state index contributed by atoms with van der Waals surface area (Å²) < 4.78 is 1.79. The minimum Gasteiger partial charge on any atom is -0.350 e. The van der Waals surface area contributed by atoms with Crippen LogP contribution in [-0.4, -0.2) is 57.8 Å². The highest BCUT2D eigenvalue weighted by Crippen LogP contribution is 2.59. The number of amides is 2. The van der Waals surface area contributed by atoms with Crippen molar-refractivity contribution in [1.29, 1.82) is 0 Å². The number of carbonyl (C=O) groups excluding carboxylic acids is 2. The van der Waals surface area contributed by atoms with Crippen LogP contribution in [-0.2, 0) is 0 Å². The first-order valence-corrected chi connectivity index (χ1v) is 12.4. The summed E-state index contributed by atoms with van der Waals surface area (Å²) in [5.74, 6) is 2.54. The molecule has 8 rings (SSSR count). The Morgan fingerprint density at radius 1 is 1.09 bits per heavy atom. The van der Waals surface area contributed by atoms with Gasteiger partial charge in [0.05, 0.1) is 0 Å². The second-order valence-electron chi connectivity index (χ2n) is 11.3. The molecule has 4 aliphatic carbocycles. The van der Waals surface area contributed by atoms with Crippen LogP contribution in [0.2, 0.25) is 0 Å². The maximum Gasteiger partial charge on any atom is 0.274 e. The Labute approximate surface area is 187 Å². The van der Waals surface area contributed by atoms with Gasteiger partial charge in [-0.1, -0.05) is 6.07 Å². The first kappa shape index (κ1) is 19.1. The molecule has 2 aromatic rings.